The van der Waals surface area contributed by atoms with E-state index < -0.39 is 23.2 Å². The van der Waals surface area contributed by atoms with Crippen LogP contribution >= 0.6 is 15.9 Å². The standard InChI is InChI=1S/C15H13BrF2N2O/c16-10-4-6-11(7-5-10)19-9-8-14(21)20-15-12(17)2-1-3-13(15)18/h1-7,19H,8-9H2,(H,20,21). The highest BCUT2D eigenvalue weighted by Gasteiger charge is 2.11. The Balaban J connectivity index is 1.84. The van der Waals surface area contributed by atoms with Crippen molar-refractivity contribution in [2.45, 2.75) is 6.42 Å². The summed E-state index contributed by atoms with van der Waals surface area (Å²) in [6.07, 6.45) is 0.101. The highest BCUT2D eigenvalue weighted by Crippen LogP contribution is 2.18. The summed E-state index contributed by atoms with van der Waals surface area (Å²) >= 11 is 3.32. The van der Waals surface area contributed by atoms with Crippen molar-refractivity contribution >= 4 is 33.2 Å². The summed E-state index contributed by atoms with van der Waals surface area (Å²) < 4.78 is 27.7. The Hall–Kier alpha value is -1.95. The number of halogens is 3. The van der Waals surface area contributed by atoms with Crippen LogP contribution in [0.3, 0.4) is 0 Å². The number of carbonyl (C=O) groups is 1. The third-order valence-corrected chi connectivity index (χ3v) is 3.28. The molecule has 0 aliphatic heterocycles. The predicted molar refractivity (Wildman–Crippen MR) is 82.2 cm³/mol. The number of benzene rings is 2. The topological polar surface area (TPSA) is 41.1 Å². The van der Waals surface area contributed by atoms with E-state index in [2.05, 4.69) is 26.6 Å². The normalized spacial score (nSPS) is 10.2. The second-order valence-corrected chi connectivity index (χ2v) is 5.24. The molecule has 0 saturated carbocycles. The van der Waals surface area contributed by atoms with Gasteiger partial charge in [-0.25, -0.2) is 8.78 Å². The Labute approximate surface area is 129 Å². The molecule has 0 aliphatic rings. The molecule has 0 spiro atoms. The number of hydrogen-bond acceptors (Lipinski definition) is 2. The lowest BCUT2D eigenvalue weighted by molar-refractivity contribution is -0.116. The van der Waals surface area contributed by atoms with E-state index in [-0.39, 0.29) is 6.42 Å². The van der Waals surface area contributed by atoms with Gasteiger partial charge in [0.2, 0.25) is 5.91 Å². The van der Waals surface area contributed by atoms with Gasteiger partial charge in [-0.05, 0) is 36.4 Å². The molecule has 2 aromatic carbocycles. The van der Waals surface area contributed by atoms with Crippen molar-refractivity contribution in [1.29, 1.82) is 0 Å². The maximum absolute atomic E-state index is 13.4. The molecule has 0 heterocycles. The van der Waals surface area contributed by atoms with Crippen LogP contribution in [0.1, 0.15) is 6.42 Å². The Morgan fingerprint density at radius 2 is 1.67 bits per heavy atom. The summed E-state index contributed by atoms with van der Waals surface area (Å²) in [4.78, 5) is 11.7. The number of anilines is 2. The van der Waals surface area contributed by atoms with Gasteiger partial charge in [-0.3, -0.25) is 4.79 Å². The van der Waals surface area contributed by atoms with E-state index in [9.17, 15) is 13.6 Å². The monoisotopic (exact) mass is 354 g/mol. The minimum Gasteiger partial charge on any atom is -0.385 e. The lowest BCUT2D eigenvalue weighted by Crippen LogP contribution is -2.17. The third-order valence-electron chi connectivity index (χ3n) is 2.75. The second kappa shape index (κ2) is 7.17. The second-order valence-electron chi connectivity index (χ2n) is 4.33. The van der Waals surface area contributed by atoms with Crippen LogP contribution in [0.25, 0.3) is 0 Å². The Morgan fingerprint density at radius 1 is 1.05 bits per heavy atom. The summed E-state index contributed by atoms with van der Waals surface area (Å²) in [5.74, 6) is -2.03. The van der Waals surface area contributed by atoms with Gasteiger partial charge in [-0.15, -0.1) is 0 Å². The third kappa shape index (κ3) is 4.53. The molecule has 0 atom stereocenters. The van der Waals surface area contributed by atoms with E-state index in [0.29, 0.717) is 6.54 Å². The van der Waals surface area contributed by atoms with Gasteiger partial charge in [-0.2, -0.15) is 0 Å². The van der Waals surface area contributed by atoms with Crippen LogP contribution in [-0.4, -0.2) is 12.5 Å². The molecule has 3 nitrogen and oxygen atoms in total. The Kier molecular flexibility index (Phi) is 5.27. The molecule has 0 aromatic heterocycles. The van der Waals surface area contributed by atoms with Crippen molar-refractivity contribution < 1.29 is 13.6 Å². The molecule has 2 rings (SSSR count). The highest BCUT2D eigenvalue weighted by atomic mass is 79.9. The van der Waals surface area contributed by atoms with Crippen LogP contribution in [0.4, 0.5) is 20.2 Å². The molecule has 0 fully saturated rings. The maximum Gasteiger partial charge on any atom is 0.226 e. The Bertz CT molecular complexity index is 612. The molecular weight excluding hydrogens is 342 g/mol. The molecular formula is C15H13BrF2N2O. The molecule has 6 heteroatoms. The van der Waals surface area contributed by atoms with Crippen LogP contribution in [0.5, 0.6) is 0 Å². The highest BCUT2D eigenvalue weighted by molar-refractivity contribution is 9.10. The average molecular weight is 355 g/mol. The molecule has 0 aliphatic carbocycles. The van der Waals surface area contributed by atoms with Gasteiger partial charge in [0.05, 0.1) is 0 Å². The van der Waals surface area contributed by atoms with Crippen LogP contribution in [0, 0.1) is 11.6 Å². The fraction of sp³-hybridized carbons (Fsp3) is 0.133. The molecule has 21 heavy (non-hydrogen) atoms. The van der Waals surface area contributed by atoms with E-state index in [1.807, 2.05) is 24.3 Å². The van der Waals surface area contributed by atoms with E-state index in [0.717, 1.165) is 22.3 Å². The largest absolute Gasteiger partial charge is 0.385 e. The SMILES string of the molecule is O=C(CCNc1ccc(Br)cc1)Nc1c(F)cccc1F. The quantitative estimate of drug-likeness (QED) is 0.845. The number of para-hydroxylation sites is 1. The number of rotatable bonds is 5. The minimum atomic E-state index is -0.788. The summed E-state index contributed by atoms with van der Waals surface area (Å²) in [6.45, 7) is 0.365. The van der Waals surface area contributed by atoms with Crippen LogP contribution in [0.15, 0.2) is 46.9 Å². The lowest BCUT2D eigenvalue weighted by Gasteiger charge is -2.09. The summed E-state index contributed by atoms with van der Waals surface area (Å²) in [6, 6.07) is 10.9. The van der Waals surface area contributed by atoms with E-state index >= 15 is 0 Å². The van der Waals surface area contributed by atoms with Crippen LogP contribution in [-0.2, 0) is 4.79 Å². The van der Waals surface area contributed by atoms with Gasteiger partial charge >= 0.3 is 0 Å². The van der Waals surface area contributed by atoms with Gasteiger partial charge in [0, 0.05) is 23.1 Å². The van der Waals surface area contributed by atoms with Crippen molar-refractivity contribution in [2.75, 3.05) is 17.2 Å². The van der Waals surface area contributed by atoms with Crippen molar-refractivity contribution in [3.8, 4) is 0 Å². The number of hydrogen-bond donors (Lipinski definition) is 2. The molecule has 0 saturated heterocycles. The predicted octanol–water partition coefficient (Wildman–Crippen LogP) is 4.17. The molecule has 1 amide bonds. The van der Waals surface area contributed by atoms with Crippen molar-refractivity contribution in [1.82, 2.24) is 0 Å². The van der Waals surface area contributed by atoms with Crippen LogP contribution in [0.2, 0.25) is 0 Å². The van der Waals surface area contributed by atoms with Gasteiger partial charge in [0.25, 0.3) is 0 Å². The molecule has 0 radical (unpaired) electrons. The molecule has 110 valence electrons. The zero-order chi connectivity index (χ0) is 15.2. The average Bonchev–Trinajstić information content (AvgIpc) is 2.45. The summed E-state index contributed by atoms with van der Waals surface area (Å²) in [5.41, 5.74) is 0.453. The first-order valence-electron chi connectivity index (χ1n) is 6.29. The lowest BCUT2D eigenvalue weighted by atomic mass is 10.2. The fourth-order valence-corrected chi connectivity index (χ4v) is 1.97. The van der Waals surface area contributed by atoms with Crippen LogP contribution < -0.4 is 10.6 Å². The Morgan fingerprint density at radius 3 is 2.29 bits per heavy atom. The van der Waals surface area contributed by atoms with E-state index in [1.54, 1.807) is 0 Å². The summed E-state index contributed by atoms with van der Waals surface area (Å²) in [5, 5.41) is 5.29. The van der Waals surface area contributed by atoms with Crippen molar-refractivity contribution in [3.63, 3.8) is 0 Å². The van der Waals surface area contributed by atoms with Gasteiger partial charge in [-0.1, -0.05) is 22.0 Å². The molecule has 0 bridgehead atoms. The van der Waals surface area contributed by atoms with Gasteiger partial charge in [0.1, 0.15) is 17.3 Å². The zero-order valence-corrected chi connectivity index (χ0v) is 12.6. The van der Waals surface area contributed by atoms with Gasteiger partial charge in [0.15, 0.2) is 0 Å². The molecule has 2 N–H and O–H groups in total. The number of carbonyl (C=O) groups excluding carboxylic acids is 1. The van der Waals surface area contributed by atoms with E-state index in [4.69, 9.17) is 0 Å². The smallest absolute Gasteiger partial charge is 0.226 e. The van der Waals surface area contributed by atoms with Crippen molar-refractivity contribution in [3.05, 3.63) is 58.6 Å². The van der Waals surface area contributed by atoms with E-state index in [1.165, 1.54) is 6.07 Å². The van der Waals surface area contributed by atoms with Gasteiger partial charge < -0.3 is 10.6 Å². The molecule has 2 aromatic rings. The maximum atomic E-state index is 13.4. The number of nitrogens with one attached hydrogen (secondary N) is 2. The minimum absolute atomic E-state index is 0.101. The first kappa shape index (κ1) is 15.4. The zero-order valence-electron chi connectivity index (χ0n) is 11.0. The number of amides is 1. The fourth-order valence-electron chi connectivity index (χ4n) is 1.71. The van der Waals surface area contributed by atoms with Crippen molar-refractivity contribution in [2.24, 2.45) is 0 Å². The molecule has 0 unspecified atom stereocenters. The first-order chi connectivity index (χ1) is 10.1. The summed E-state index contributed by atoms with van der Waals surface area (Å²) in [7, 11) is 0. The first-order valence-corrected chi connectivity index (χ1v) is 7.09.